The topological polar surface area (TPSA) is 75.6 Å². The third-order valence-corrected chi connectivity index (χ3v) is 4.68. The second kappa shape index (κ2) is 6.90. The van der Waals surface area contributed by atoms with Gasteiger partial charge in [0.05, 0.1) is 17.7 Å². The SMILES string of the molecule is CCC(O)CNS(=O)(=O)c1cc(Cl)cc(Br)c1OC. The average Bonchev–Trinajstić information content (AvgIpc) is 2.35. The van der Waals surface area contributed by atoms with E-state index in [9.17, 15) is 13.5 Å². The maximum atomic E-state index is 12.2. The van der Waals surface area contributed by atoms with E-state index in [1.165, 1.54) is 13.2 Å². The average molecular weight is 373 g/mol. The monoisotopic (exact) mass is 371 g/mol. The van der Waals surface area contributed by atoms with Gasteiger partial charge in [0.25, 0.3) is 0 Å². The molecule has 108 valence electrons. The fourth-order valence-electron chi connectivity index (χ4n) is 1.36. The third kappa shape index (κ3) is 4.32. The fraction of sp³-hybridized carbons (Fsp3) is 0.455. The van der Waals surface area contributed by atoms with Gasteiger partial charge in [-0.2, -0.15) is 0 Å². The summed E-state index contributed by atoms with van der Waals surface area (Å²) in [5.41, 5.74) is 0. The summed E-state index contributed by atoms with van der Waals surface area (Å²) in [6.07, 6.45) is -0.276. The zero-order valence-corrected chi connectivity index (χ0v) is 13.6. The van der Waals surface area contributed by atoms with E-state index < -0.39 is 16.1 Å². The van der Waals surface area contributed by atoms with Crippen LogP contribution >= 0.6 is 27.5 Å². The van der Waals surface area contributed by atoms with Crippen LogP contribution in [0.25, 0.3) is 0 Å². The minimum Gasteiger partial charge on any atom is -0.494 e. The first-order valence-electron chi connectivity index (χ1n) is 5.52. The molecule has 1 atom stereocenters. The quantitative estimate of drug-likeness (QED) is 0.802. The van der Waals surface area contributed by atoms with Crippen LogP contribution in [0, 0.1) is 0 Å². The Kier molecular flexibility index (Phi) is 6.07. The Morgan fingerprint density at radius 3 is 2.68 bits per heavy atom. The molecule has 1 aromatic carbocycles. The highest BCUT2D eigenvalue weighted by Crippen LogP contribution is 2.35. The van der Waals surface area contributed by atoms with Crippen LogP contribution in [0.5, 0.6) is 5.75 Å². The number of benzene rings is 1. The van der Waals surface area contributed by atoms with Gasteiger partial charge in [0.2, 0.25) is 10.0 Å². The van der Waals surface area contributed by atoms with Crippen molar-refractivity contribution in [3.05, 3.63) is 21.6 Å². The summed E-state index contributed by atoms with van der Waals surface area (Å²) >= 11 is 9.04. The lowest BCUT2D eigenvalue weighted by atomic mass is 10.3. The van der Waals surface area contributed by atoms with E-state index in [-0.39, 0.29) is 22.2 Å². The van der Waals surface area contributed by atoms with Crippen LogP contribution in [-0.2, 0) is 10.0 Å². The third-order valence-electron chi connectivity index (χ3n) is 2.45. The van der Waals surface area contributed by atoms with Crippen molar-refractivity contribution in [1.29, 1.82) is 0 Å². The van der Waals surface area contributed by atoms with Gasteiger partial charge >= 0.3 is 0 Å². The van der Waals surface area contributed by atoms with Crippen LogP contribution in [0.2, 0.25) is 5.02 Å². The van der Waals surface area contributed by atoms with Crippen molar-refractivity contribution < 1.29 is 18.3 Å². The van der Waals surface area contributed by atoms with Crippen molar-refractivity contribution >= 4 is 37.6 Å². The number of aliphatic hydroxyl groups excluding tert-OH is 1. The molecule has 0 amide bonds. The van der Waals surface area contributed by atoms with E-state index in [0.717, 1.165) is 0 Å². The molecule has 0 aliphatic heterocycles. The predicted molar refractivity (Wildman–Crippen MR) is 77.2 cm³/mol. The van der Waals surface area contributed by atoms with Gasteiger partial charge in [-0.1, -0.05) is 18.5 Å². The Hall–Kier alpha value is -0.340. The minimum absolute atomic E-state index is 0.0634. The highest BCUT2D eigenvalue weighted by atomic mass is 79.9. The molecule has 1 unspecified atom stereocenters. The van der Waals surface area contributed by atoms with Crippen molar-refractivity contribution in [2.75, 3.05) is 13.7 Å². The number of rotatable bonds is 6. The van der Waals surface area contributed by atoms with Crippen molar-refractivity contribution in [3.63, 3.8) is 0 Å². The highest BCUT2D eigenvalue weighted by molar-refractivity contribution is 9.10. The molecule has 0 spiro atoms. The van der Waals surface area contributed by atoms with Crippen LogP contribution in [0.3, 0.4) is 0 Å². The van der Waals surface area contributed by atoms with Gasteiger partial charge in [-0.25, -0.2) is 13.1 Å². The molecule has 1 rings (SSSR count). The molecular weight excluding hydrogens is 358 g/mol. The molecule has 0 saturated heterocycles. The molecule has 0 aliphatic rings. The Bertz CT molecular complexity index is 550. The number of halogens is 2. The maximum absolute atomic E-state index is 12.2. The number of ether oxygens (including phenoxy) is 1. The molecule has 0 bridgehead atoms. The summed E-state index contributed by atoms with van der Waals surface area (Å²) in [6.45, 7) is 1.70. The number of sulfonamides is 1. The molecule has 0 heterocycles. The number of hydrogen-bond acceptors (Lipinski definition) is 4. The van der Waals surface area contributed by atoms with E-state index in [1.54, 1.807) is 13.0 Å². The van der Waals surface area contributed by atoms with Gasteiger partial charge < -0.3 is 9.84 Å². The molecule has 8 heteroatoms. The van der Waals surface area contributed by atoms with Crippen LogP contribution < -0.4 is 9.46 Å². The van der Waals surface area contributed by atoms with E-state index >= 15 is 0 Å². The van der Waals surface area contributed by atoms with Crippen LogP contribution in [0.4, 0.5) is 0 Å². The molecule has 19 heavy (non-hydrogen) atoms. The molecule has 2 N–H and O–H groups in total. The van der Waals surface area contributed by atoms with Crippen LogP contribution in [0.1, 0.15) is 13.3 Å². The minimum atomic E-state index is -3.80. The van der Waals surface area contributed by atoms with Crippen molar-refractivity contribution in [1.82, 2.24) is 4.72 Å². The smallest absolute Gasteiger partial charge is 0.244 e. The lowest BCUT2D eigenvalue weighted by Crippen LogP contribution is -2.32. The lowest BCUT2D eigenvalue weighted by Gasteiger charge is -2.14. The normalized spacial score (nSPS) is 13.3. The largest absolute Gasteiger partial charge is 0.494 e. The van der Waals surface area contributed by atoms with Gasteiger partial charge in [0, 0.05) is 11.6 Å². The van der Waals surface area contributed by atoms with Crippen LogP contribution in [0.15, 0.2) is 21.5 Å². The summed E-state index contributed by atoms with van der Waals surface area (Å²) in [7, 11) is -2.43. The molecule has 0 saturated carbocycles. The first kappa shape index (κ1) is 16.7. The first-order valence-corrected chi connectivity index (χ1v) is 8.18. The molecule has 0 fully saturated rings. The van der Waals surface area contributed by atoms with Gasteiger partial charge in [-0.3, -0.25) is 0 Å². The Labute approximate surface area is 126 Å². The molecule has 5 nitrogen and oxygen atoms in total. The summed E-state index contributed by atoms with van der Waals surface area (Å²) in [5, 5.41) is 9.68. The van der Waals surface area contributed by atoms with E-state index in [2.05, 4.69) is 20.7 Å². The molecule has 0 radical (unpaired) electrons. The van der Waals surface area contributed by atoms with E-state index in [1.807, 2.05) is 0 Å². The van der Waals surface area contributed by atoms with E-state index in [0.29, 0.717) is 10.9 Å². The standard InChI is InChI=1S/C11H15BrClNO4S/c1-3-8(15)6-14-19(16,17)10-5-7(13)4-9(12)11(10)18-2/h4-5,8,14-15H,3,6H2,1-2H3. The number of aliphatic hydroxyl groups is 1. The molecular formula is C11H15BrClNO4S. The lowest BCUT2D eigenvalue weighted by molar-refractivity contribution is 0.174. The summed E-state index contributed by atoms with van der Waals surface area (Å²) in [5.74, 6) is 0.169. The number of nitrogens with one attached hydrogen (secondary N) is 1. The Morgan fingerprint density at radius 2 is 2.16 bits per heavy atom. The molecule has 0 aromatic heterocycles. The van der Waals surface area contributed by atoms with Crippen molar-refractivity contribution in [3.8, 4) is 5.75 Å². The number of hydrogen-bond donors (Lipinski definition) is 2. The Morgan fingerprint density at radius 1 is 1.53 bits per heavy atom. The molecule has 0 aliphatic carbocycles. The summed E-state index contributed by atoms with van der Waals surface area (Å²) in [6, 6.07) is 2.84. The number of methoxy groups -OCH3 is 1. The van der Waals surface area contributed by atoms with Gasteiger partial charge in [-0.15, -0.1) is 0 Å². The molecule has 1 aromatic rings. The second-order valence-corrected chi connectivity index (χ2v) is 6.86. The summed E-state index contributed by atoms with van der Waals surface area (Å²) in [4.78, 5) is -0.0716. The Balaban J connectivity index is 3.14. The van der Waals surface area contributed by atoms with Gasteiger partial charge in [0.15, 0.2) is 5.75 Å². The second-order valence-electron chi connectivity index (χ2n) is 3.83. The fourth-order valence-corrected chi connectivity index (χ4v) is 3.82. The van der Waals surface area contributed by atoms with Crippen molar-refractivity contribution in [2.45, 2.75) is 24.3 Å². The zero-order valence-electron chi connectivity index (χ0n) is 10.5. The van der Waals surface area contributed by atoms with E-state index in [4.69, 9.17) is 16.3 Å². The highest BCUT2D eigenvalue weighted by Gasteiger charge is 2.22. The van der Waals surface area contributed by atoms with Crippen molar-refractivity contribution in [2.24, 2.45) is 0 Å². The predicted octanol–water partition coefficient (Wildman–Crippen LogP) is 2.16. The van der Waals surface area contributed by atoms with Gasteiger partial charge in [-0.05, 0) is 34.5 Å². The summed E-state index contributed by atoms with van der Waals surface area (Å²) < 4.78 is 32.1. The zero-order chi connectivity index (χ0) is 14.6. The maximum Gasteiger partial charge on any atom is 0.244 e. The first-order chi connectivity index (χ1) is 8.81. The van der Waals surface area contributed by atoms with Gasteiger partial charge in [0.1, 0.15) is 4.90 Å². The van der Waals surface area contributed by atoms with Crippen LogP contribution in [-0.4, -0.2) is 33.3 Å².